The average Bonchev–Trinajstić information content (AvgIpc) is 2.77. The number of nitrogens with zero attached hydrogens (tertiary/aromatic N) is 2. The maximum absolute atomic E-state index is 12.2. The summed E-state index contributed by atoms with van der Waals surface area (Å²) >= 11 is 0. The van der Waals surface area contributed by atoms with E-state index >= 15 is 0 Å². The van der Waals surface area contributed by atoms with Crippen molar-refractivity contribution < 1.29 is 14.1 Å². The van der Waals surface area contributed by atoms with Crippen LogP contribution in [-0.2, 0) is 11.3 Å². The zero-order valence-corrected chi connectivity index (χ0v) is 15.1. The van der Waals surface area contributed by atoms with Crippen LogP contribution in [0.5, 0.6) is 0 Å². The number of hydrogen-bond acceptors (Lipinski definition) is 5. The van der Waals surface area contributed by atoms with Crippen molar-refractivity contribution in [2.24, 2.45) is 0 Å². The molecule has 6 heteroatoms. The van der Waals surface area contributed by atoms with Crippen molar-refractivity contribution in [1.82, 2.24) is 10.1 Å². The molecule has 0 aliphatic carbocycles. The van der Waals surface area contributed by atoms with Crippen LogP contribution in [0.3, 0.4) is 0 Å². The van der Waals surface area contributed by atoms with Gasteiger partial charge in [-0.1, -0.05) is 11.2 Å². The molecule has 0 bridgehead atoms. The number of benzene rings is 1. The summed E-state index contributed by atoms with van der Waals surface area (Å²) in [4.78, 5) is 13.8. The van der Waals surface area contributed by atoms with Gasteiger partial charge in [-0.25, -0.2) is 4.79 Å². The fourth-order valence-electron chi connectivity index (χ4n) is 2.52. The molecule has 0 saturated carbocycles. The van der Waals surface area contributed by atoms with Crippen molar-refractivity contribution in [3.63, 3.8) is 0 Å². The van der Waals surface area contributed by atoms with E-state index < -0.39 is 5.60 Å². The van der Waals surface area contributed by atoms with Crippen LogP contribution in [0.2, 0.25) is 0 Å². The molecule has 2 aromatic rings. The molecule has 0 radical (unpaired) electrons. The van der Waals surface area contributed by atoms with Gasteiger partial charge >= 0.3 is 6.09 Å². The van der Waals surface area contributed by atoms with Gasteiger partial charge in [-0.05, 0) is 57.9 Å². The molecule has 1 aromatic carbocycles. The third kappa shape index (κ3) is 4.07. The molecular formula is C18H25N3O3. The summed E-state index contributed by atoms with van der Waals surface area (Å²) in [6.45, 7) is 9.66. The molecule has 0 spiro atoms. The lowest BCUT2D eigenvalue weighted by atomic mass is 9.97. The number of nitrogens with two attached hydrogens (primary N) is 1. The second-order valence-corrected chi connectivity index (χ2v) is 6.95. The van der Waals surface area contributed by atoms with Crippen LogP contribution in [-0.4, -0.2) is 28.8 Å². The van der Waals surface area contributed by atoms with Crippen molar-refractivity contribution in [2.75, 3.05) is 12.8 Å². The molecular weight excluding hydrogens is 306 g/mol. The summed E-state index contributed by atoms with van der Waals surface area (Å²) in [5.74, 6) is 0.735. The fraction of sp³-hybridized carbons (Fsp3) is 0.444. The van der Waals surface area contributed by atoms with Crippen LogP contribution in [0.15, 0.2) is 22.7 Å². The minimum atomic E-state index is -0.536. The van der Waals surface area contributed by atoms with E-state index in [1.54, 1.807) is 7.05 Å². The van der Waals surface area contributed by atoms with E-state index in [2.05, 4.69) is 5.16 Å². The van der Waals surface area contributed by atoms with Gasteiger partial charge in [0.25, 0.3) is 0 Å². The third-order valence-electron chi connectivity index (χ3n) is 3.54. The molecule has 24 heavy (non-hydrogen) atoms. The van der Waals surface area contributed by atoms with Crippen molar-refractivity contribution >= 4 is 11.8 Å². The first-order valence-electron chi connectivity index (χ1n) is 7.84. The van der Waals surface area contributed by atoms with Crippen molar-refractivity contribution in [1.29, 1.82) is 0 Å². The second kappa shape index (κ2) is 6.55. The van der Waals surface area contributed by atoms with E-state index in [-0.39, 0.29) is 6.09 Å². The number of carbonyl (C=O) groups excluding carboxylic acids is 1. The molecule has 2 N–H and O–H groups in total. The third-order valence-corrected chi connectivity index (χ3v) is 3.54. The molecule has 1 aromatic heterocycles. The number of aromatic nitrogens is 1. The van der Waals surface area contributed by atoms with E-state index in [1.165, 1.54) is 4.90 Å². The lowest BCUT2D eigenvalue weighted by Gasteiger charge is -2.25. The van der Waals surface area contributed by atoms with Gasteiger partial charge in [-0.2, -0.15) is 0 Å². The van der Waals surface area contributed by atoms with Crippen LogP contribution in [0.25, 0.3) is 11.1 Å². The van der Waals surface area contributed by atoms with Gasteiger partial charge in [-0.15, -0.1) is 0 Å². The molecule has 0 aliphatic rings. The number of nitrogen functional groups attached to an aromatic ring is 1. The summed E-state index contributed by atoms with van der Waals surface area (Å²) in [5.41, 5.74) is 9.64. The van der Waals surface area contributed by atoms with E-state index in [9.17, 15) is 4.79 Å². The zero-order valence-electron chi connectivity index (χ0n) is 15.1. The highest BCUT2D eigenvalue weighted by Gasteiger charge is 2.22. The predicted octanol–water partition coefficient (Wildman–Crippen LogP) is 3.91. The minimum absolute atomic E-state index is 0.374. The Morgan fingerprint density at radius 2 is 2.00 bits per heavy atom. The fourth-order valence-corrected chi connectivity index (χ4v) is 2.52. The molecule has 0 aliphatic heterocycles. The number of hydrogen-bond donors (Lipinski definition) is 1. The Morgan fingerprint density at radius 1 is 1.33 bits per heavy atom. The Kier molecular flexibility index (Phi) is 4.87. The first-order chi connectivity index (χ1) is 11.1. The van der Waals surface area contributed by atoms with Gasteiger partial charge in [0.2, 0.25) is 0 Å². The van der Waals surface area contributed by atoms with E-state index in [0.29, 0.717) is 12.2 Å². The maximum Gasteiger partial charge on any atom is 0.410 e. The quantitative estimate of drug-likeness (QED) is 0.862. The summed E-state index contributed by atoms with van der Waals surface area (Å²) in [5, 5.41) is 4.01. The molecule has 0 fully saturated rings. The standard InChI is InChI=1S/C18H25N3O3/c1-11-16(12(2)24-20-11)15-8-7-14(19)9-13(15)10-21(6)17(22)23-18(3,4)5/h7-9H,10,19H2,1-6H3. The maximum atomic E-state index is 12.2. The van der Waals surface area contributed by atoms with Crippen LogP contribution in [0.4, 0.5) is 10.5 Å². The molecule has 0 atom stereocenters. The van der Waals surface area contributed by atoms with Crippen LogP contribution >= 0.6 is 0 Å². The number of aryl methyl sites for hydroxylation is 2. The lowest BCUT2D eigenvalue weighted by molar-refractivity contribution is 0.0285. The summed E-state index contributed by atoms with van der Waals surface area (Å²) in [6, 6.07) is 5.63. The van der Waals surface area contributed by atoms with Gasteiger partial charge in [0.1, 0.15) is 11.4 Å². The van der Waals surface area contributed by atoms with Gasteiger partial charge in [0.05, 0.1) is 5.69 Å². The zero-order chi connectivity index (χ0) is 18.1. The smallest absolute Gasteiger partial charge is 0.410 e. The number of amides is 1. The molecule has 130 valence electrons. The van der Waals surface area contributed by atoms with Gasteiger partial charge in [0, 0.05) is 24.8 Å². The Hall–Kier alpha value is -2.50. The summed E-state index contributed by atoms with van der Waals surface area (Å²) in [6.07, 6.45) is -0.380. The summed E-state index contributed by atoms with van der Waals surface area (Å²) in [7, 11) is 1.70. The predicted molar refractivity (Wildman–Crippen MR) is 93.5 cm³/mol. The largest absolute Gasteiger partial charge is 0.444 e. The molecule has 2 rings (SSSR count). The highest BCUT2D eigenvalue weighted by molar-refractivity contribution is 5.74. The number of anilines is 1. The Bertz CT molecular complexity index is 725. The number of rotatable bonds is 3. The van der Waals surface area contributed by atoms with E-state index in [1.807, 2.05) is 52.8 Å². The second-order valence-electron chi connectivity index (χ2n) is 6.95. The molecule has 6 nitrogen and oxygen atoms in total. The monoisotopic (exact) mass is 331 g/mol. The molecule has 0 unspecified atom stereocenters. The number of carbonyl (C=O) groups is 1. The van der Waals surface area contributed by atoms with E-state index in [0.717, 1.165) is 28.1 Å². The SMILES string of the molecule is Cc1noc(C)c1-c1ccc(N)cc1CN(C)C(=O)OC(C)(C)C. The van der Waals surface area contributed by atoms with Crippen LogP contribution < -0.4 is 5.73 Å². The first-order valence-corrected chi connectivity index (χ1v) is 7.84. The van der Waals surface area contributed by atoms with Crippen LogP contribution in [0, 0.1) is 13.8 Å². The average molecular weight is 331 g/mol. The van der Waals surface area contributed by atoms with Crippen molar-refractivity contribution in [2.45, 2.75) is 46.8 Å². The van der Waals surface area contributed by atoms with Crippen LogP contribution in [0.1, 0.15) is 37.8 Å². The van der Waals surface area contributed by atoms with Gasteiger partial charge in [0.15, 0.2) is 0 Å². The first kappa shape index (κ1) is 17.8. The Balaban J connectivity index is 2.34. The minimum Gasteiger partial charge on any atom is -0.444 e. The highest BCUT2D eigenvalue weighted by Crippen LogP contribution is 2.32. The Morgan fingerprint density at radius 3 is 2.54 bits per heavy atom. The highest BCUT2D eigenvalue weighted by atomic mass is 16.6. The van der Waals surface area contributed by atoms with E-state index in [4.69, 9.17) is 15.0 Å². The Labute approximate surface area is 142 Å². The van der Waals surface area contributed by atoms with Gasteiger partial charge in [-0.3, -0.25) is 0 Å². The van der Waals surface area contributed by atoms with Gasteiger partial charge < -0.3 is 19.9 Å². The topological polar surface area (TPSA) is 81.6 Å². The molecule has 1 amide bonds. The van der Waals surface area contributed by atoms with Crippen molar-refractivity contribution in [3.05, 3.63) is 35.2 Å². The molecule has 1 heterocycles. The normalized spacial score (nSPS) is 11.4. The van der Waals surface area contributed by atoms with Crippen molar-refractivity contribution in [3.8, 4) is 11.1 Å². The lowest BCUT2D eigenvalue weighted by Crippen LogP contribution is -2.33. The molecule has 0 saturated heterocycles. The number of ether oxygens (including phenoxy) is 1. The summed E-state index contributed by atoms with van der Waals surface area (Å²) < 4.78 is 10.7.